The van der Waals surface area contributed by atoms with Gasteiger partial charge < -0.3 is 18.6 Å². The van der Waals surface area contributed by atoms with Gasteiger partial charge in [0.05, 0.1) is 33.1 Å². The minimum Gasteiger partial charge on any atom is -0.310 e. The molecule has 0 amide bonds. The first-order chi connectivity index (χ1) is 36.9. The molecule has 13 rings (SSSR count). The molecule has 77 heavy (non-hydrogen) atoms. The van der Waals surface area contributed by atoms with Gasteiger partial charge in [-0.25, -0.2) is 0 Å². The molecule has 13 aromatic rings. The number of aromatic nitrogens is 2. The molecule has 0 saturated heterocycles. The molecule has 0 aliphatic rings. The molecule has 0 fully saturated rings. The predicted octanol–water partition coefficient (Wildman–Crippen LogP) is 21.6. The van der Waals surface area contributed by atoms with Crippen LogP contribution in [0.25, 0.3) is 76.2 Å². The number of nitrogens with zero attached hydrogens (tertiary/aromatic N) is 4. The molecule has 4 aromatic heterocycles. The van der Waals surface area contributed by atoms with E-state index in [2.05, 4.69) is 262 Å². The zero-order valence-corrected chi connectivity index (χ0v) is 47.9. The Morgan fingerprint density at radius 2 is 0.571 bits per heavy atom. The number of para-hydroxylation sites is 2. The van der Waals surface area contributed by atoms with Crippen LogP contribution < -0.4 is 9.80 Å². The van der Waals surface area contributed by atoms with Crippen molar-refractivity contribution >= 4 is 110 Å². The lowest BCUT2D eigenvalue weighted by Crippen LogP contribution is -2.13. The molecular weight excluding hydrogens is 933 g/mol. The van der Waals surface area contributed by atoms with Crippen LogP contribution in [0.1, 0.15) is 140 Å². The third-order valence-electron chi connectivity index (χ3n) is 17.6. The van der Waals surface area contributed by atoms with Gasteiger partial charge in [-0.15, -0.1) is 0 Å². The molecule has 0 aliphatic carbocycles. The summed E-state index contributed by atoms with van der Waals surface area (Å²) in [4.78, 5) is 5.00. The van der Waals surface area contributed by atoms with E-state index in [1.165, 1.54) is 160 Å². The van der Waals surface area contributed by atoms with Crippen LogP contribution in [-0.4, -0.2) is 8.80 Å². The largest absolute Gasteiger partial charge is 0.310 e. The number of aryl methyl sites for hydroxylation is 7. The van der Waals surface area contributed by atoms with Crippen molar-refractivity contribution in [1.82, 2.24) is 8.80 Å². The standard InChI is InChI=1S/C73H72N4/c1-39(2)56-25-22-50(28-43(56)9)74(53-29-44(10)69(40(3)4)45(11)30-53)51-23-26-57-59-18-16-20-61-63-38-68-64(37-67(63)76(72(59)61)65(57)35-51)62-21-17-19-60-58-27-24-52(36-66(58)77(68)73(60)62)75(54-31-46(12)70(41(5)6)47(13)32-54)55-33-48(14)71(42(7)8)49(15)34-55/h16-42H,1-15H3. The third kappa shape index (κ3) is 7.23. The van der Waals surface area contributed by atoms with Gasteiger partial charge in [0, 0.05) is 77.2 Å². The van der Waals surface area contributed by atoms with Crippen molar-refractivity contribution in [2.45, 2.75) is 128 Å². The summed E-state index contributed by atoms with van der Waals surface area (Å²) in [5.41, 5.74) is 29.6. The van der Waals surface area contributed by atoms with Crippen LogP contribution in [0.5, 0.6) is 0 Å². The Kier molecular flexibility index (Phi) is 11.2. The number of fused-ring (bicyclic) bond motifs is 12. The van der Waals surface area contributed by atoms with E-state index in [1.54, 1.807) is 0 Å². The van der Waals surface area contributed by atoms with E-state index in [-0.39, 0.29) is 0 Å². The summed E-state index contributed by atoms with van der Waals surface area (Å²) in [5, 5.41) is 10.2. The smallest absolute Gasteiger partial charge is 0.0620 e. The second-order valence-corrected chi connectivity index (χ2v) is 24.2. The number of hydrogen-bond donors (Lipinski definition) is 0. The summed E-state index contributed by atoms with van der Waals surface area (Å²) in [6.45, 7) is 34.5. The number of rotatable bonds is 10. The van der Waals surface area contributed by atoms with Crippen molar-refractivity contribution in [3.8, 4) is 0 Å². The predicted molar refractivity (Wildman–Crippen MR) is 335 cm³/mol. The van der Waals surface area contributed by atoms with Crippen molar-refractivity contribution in [1.29, 1.82) is 0 Å². The summed E-state index contributed by atoms with van der Waals surface area (Å²) in [7, 11) is 0. The second-order valence-electron chi connectivity index (χ2n) is 24.2. The molecule has 0 aliphatic heterocycles. The van der Waals surface area contributed by atoms with Crippen LogP contribution in [0, 0.1) is 48.5 Å². The first-order valence-electron chi connectivity index (χ1n) is 28.3. The molecule has 4 nitrogen and oxygen atoms in total. The van der Waals surface area contributed by atoms with E-state index in [4.69, 9.17) is 0 Å². The first-order valence-corrected chi connectivity index (χ1v) is 28.3. The highest BCUT2D eigenvalue weighted by atomic mass is 15.2. The van der Waals surface area contributed by atoms with Gasteiger partial charge in [0.1, 0.15) is 0 Å². The summed E-state index contributed by atoms with van der Waals surface area (Å²) < 4.78 is 5.16. The lowest BCUT2D eigenvalue weighted by atomic mass is 9.91. The fraction of sp³-hybridized carbons (Fsp3) is 0.260. The van der Waals surface area contributed by atoms with Crippen molar-refractivity contribution in [2.24, 2.45) is 0 Å². The van der Waals surface area contributed by atoms with E-state index in [0.717, 1.165) is 11.4 Å². The molecule has 4 heterocycles. The summed E-state index contributed by atoms with van der Waals surface area (Å²) in [6, 6.07) is 54.8. The van der Waals surface area contributed by atoms with Crippen LogP contribution in [-0.2, 0) is 0 Å². The summed E-state index contributed by atoms with van der Waals surface area (Å²) in [6.07, 6.45) is 0. The van der Waals surface area contributed by atoms with Crippen molar-refractivity contribution < 1.29 is 0 Å². The lowest BCUT2D eigenvalue weighted by Gasteiger charge is -2.29. The molecule has 0 N–H and O–H groups in total. The van der Waals surface area contributed by atoms with Gasteiger partial charge >= 0.3 is 0 Å². The zero-order chi connectivity index (χ0) is 53.8. The van der Waals surface area contributed by atoms with Crippen molar-refractivity contribution in [3.63, 3.8) is 0 Å². The quantitative estimate of drug-likeness (QED) is 0.136. The highest BCUT2D eigenvalue weighted by molar-refractivity contribution is 6.29. The minimum atomic E-state index is 0.447. The van der Waals surface area contributed by atoms with Crippen LogP contribution in [0.2, 0.25) is 0 Å². The molecule has 0 unspecified atom stereocenters. The van der Waals surface area contributed by atoms with Gasteiger partial charge in [-0.1, -0.05) is 110 Å². The Morgan fingerprint density at radius 1 is 0.273 bits per heavy atom. The van der Waals surface area contributed by atoms with E-state index in [9.17, 15) is 0 Å². The summed E-state index contributed by atoms with van der Waals surface area (Å²) >= 11 is 0. The SMILES string of the molecule is Cc1cc(N(c2cc(C)c(C(C)C)c(C)c2)c2ccc3c4cccc5c6cc7c(cc6n(c3c2)c45)c2cccc3c4ccc(N(c5cc(C)c(C(C)C)c(C)c5)c5cc(C)c(C(C)C)c(C)c5)cc4n7c32)ccc1C(C)C. The molecule has 0 atom stereocenters. The lowest BCUT2D eigenvalue weighted by molar-refractivity contribution is 0.845. The fourth-order valence-corrected chi connectivity index (χ4v) is 15.0. The van der Waals surface area contributed by atoms with Crippen LogP contribution >= 0.6 is 0 Å². The van der Waals surface area contributed by atoms with E-state index < -0.39 is 0 Å². The minimum absolute atomic E-state index is 0.447. The highest BCUT2D eigenvalue weighted by Crippen LogP contribution is 2.49. The van der Waals surface area contributed by atoms with Crippen molar-refractivity contribution in [2.75, 3.05) is 9.80 Å². The average Bonchev–Trinajstić information content (AvgIpc) is 3.87. The van der Waals surface area contributed by atoms with E-state index in [0.29, 0.717) is 23.7 Å². The van der Waals surface area contributed by atoms with E-state index >= 15 is 0 Å². The molecule has 0 saturated carbocycles. The number of hydrogen-bond acceptors (Lipinski definition) is 2. The van der Waals surface area contributed by atoms with Crippen LogP contribution in [0.15, 0.2) is 140 Å². The van der Waals surface area contributed by atoms with Gasteiger partial charge in [0.25, 0.3) is 0 Å². The number of anilines is 6. The Morgan fingerprint density at radius 3 is 0.909 bits per heavy atom. The molecule has 0 radical (unpaired) electrons. The molecule has 0 bridgehead atoms. The summed E-state index contributed by atoms with van der Waals surface area (Å²) in [5.74, 6) is 1.80. The Labute approximate surface area is 454 Å². The normalized spacial score (nSPS) is 12.6. The molecule has 0 spiro atoms. The maximum absolute atomic E-state index is 2.58. The van der Waals surface area contributed by atoms with E-state index in [1.807, 2.05) is 0 Å². The van der Waals surface area contributed by atoms with Gasteiger partial charge in [-0.2, -0.15) is 0 Å². The third-order valence-corrected chi connectivity index (χ3v) is 17.6. The molecule has 384 valence electrons. The maximum atomic E-state index is 2.58. The monoisotopic (exact) mass is 1000 g/mol. The van der Waals surface area contributed by atoms with Crippen LogP contribution in [0.3, 0.4) is 0 Å². The first kappa shape index (κ1) is 48.8. The van der Waals surface area contributed by atoms with Crippen LogP contribution in [0.4, 0.5) is 34.1 Å². The molecule has 4 heteroatoms. The second kappa shape index (κ2) is 17.6. The zero-order valence-electron chi connectivity index (χ0n) is 47.9. The Hall–Kier alpha value is -7.82. The molecule has 9 aromatic carbocycles. The number of benzene rings is 9. The van der Waals surface area contributed by atoms with Gasteiger partial charge in [0.2, 0.25) is 0 Å². The molecular formula is C73H72N4. The maximum Gasteiger partial charge on any atom is 0.0620 e. The van der Waals surface area contributed by atoms with Crippen molar-refractivity contribution in [3.05, 3.63) is 201 Å². The Balaban J connectivity index is 1.05. The highest BCUT2D eigenvalue weighted by Gasteiger charge is 2.26. The fourth-order valence-electron chi connectivity index (χ4n) is 15.0. The topological polar surface area (TPSA) is 15.3 Å². The average molecular weight is 1010 g/mol. The van der Waals surface area contributed by atoms with Gasteiger partial charge in [-0.3, -0.25) is 0 Å². The van der Waals surface area contributed by atoms with Gasteiger partial charge in [-0.05, 0) is 218 Å². The Bertz CT molecular complexity index is 4420. The van der Waals surface area contributed by atoms with Gasteiger partial charge in [0.15, 0.2) is 0 Å².